The first kappa shape index (κ1) is 8.99. The number of benzene rings is 1. The van der Waals surface area contributed by atoms with Crippen LogP contribution in [0.3, 0.4) is 0 Å². The van der Waals surface area contributed by atoms with Crippen molar-refractivity contribution in [2.45, 2.75) is 6.61 Å². The summed E-state index contributed by atoms with van der Waals surface area (Å²) >= 11 is 5.08. The van der Waals surface area contributed by atoms with Gasteiger partial charge in [-0.2, -0.15) is 0 Å². The Morgan fingerprint density at radius 2 is 2.23 bits per heavy atom. The van der Waals surface area contributed by atoms with E-state index in [2.05, 4.69) is 15.9 Å². The lowest BCUT2D eigenvalue weighted by Gasteiger charge is -2.01. The van der Waals surface area contributed by atoms with E-state index >= 15 is 0 Å². The van der Waals surface area contributed by atoms with Gasteiger partial charge in [-0.15, -0.1) is 11.3 Å². The van der Waals surface area contributed by atoms with Crippen LogP contribution in [0.1, 0.15) is 5.56 Å². The van der Waals surface area contributed by atoms with E-state index < -0.39 is 0 Å². The summed E-state index contributed by atoms with van der Waals surface area (Å²) in [5.41, 5.74) is 7.18. The molecule has 1 heterocycles. The van der Waals surface area contributed by atoms with Gasteiger partial charge >= 0.3 is 0 Å². The lowest BCUT2D eigenvalue weighted by molar-refractivity contribution is 0.282. The van der Waals surface area contributed by atoms with Crippen molar-refractivity contribution in [1.82, 2.24) is 0 Å². The number of aliphatic hydroxyl groups is 1. The third-order valence-corrected chi connectivity index (χ3v) is 3.86. The molecule has 4 heteroatoms. The number of thiophene rings is 1. The van der Waals surface area contributed by atoms with E-state index in [-0.39, 0.29) is 6.61 Å². The van der Waals surface area contributed by atoms with Gasteiger partial charge < -0.3 is 10.8 Å². The molecule has 0 aliphatic heterocycles. The number of fused-ring (bicyclic) bond motifs is 1. The largest absolute Gasteiger partial charge is 0.398 e. The number of rotatable bonds is 1. The Labute approximate surface area is 88.1 Å². The monoisotopic (exact) mass is 257 g/mol. The van der Waals surface area contributed by atoms with Crippen molar-refractivity contribution >= 4 is 43.0 Å². The van der Waals surface area contributed by atoms with Gasteiger partial charge in [-0.3, -0.25) is 0 Å². The number of aliphatic hydroxyl groups excluding tert-OH is 1. The molecule has 3 N–H and O–H groups in total. The van der Waals surface area contributed by atoms with Crippen LogP contribution in [0.5, 0.6) is 0 Å². The summed E-state index contributed by atoms with van der Waals surface area (Å²) in [4.78, 5) is 0. The summed E-state index contributed by atoms with van der Waals surface area (Å²) in [6.45, 7) is -0.00986. The topological polar surface area (TPSA) is 46.2 Å². The Morgan fingerprint density at radius 3 is 2.92 bits per heavy atom. The first-order valence-electron chi connectivity index (χ1n) is 3.78. The summed E-state index contributed by atoms with van der Waals surface area (Å²) in [5, 5.41) is 12.1. The molecule has 0 saturated heterocycles. The minimum Gasteiger partial charge on any atom is -0.398 e. The molecule has 2 rings (SSSR count). The van der Waals surface area contributed by atoms with Crippen molar-refractivity contribution in [2.24, 2.45) is 0 Å². The highest BCUT2D eigenvalue weighted by atomic mass is 79.9. The SMILES string of the molecule is Nc1cc2scc(Br)c2cc1CO. The summed E-state index contributed by atoms with van der Waals surface area (Å²) in [6, 6.07) is 3.82. The molecule has 0 unspecified atom stereocenters. The van der Waals surface area contributed by atoms with Crippen LogP contribution in [-0.4, -0.2) is 5.11 Å². The Balaban J connectivity index is 2.77. The molecule has 1 aromatic heterocycles. The molecule has 0 atom stereocenters. The average molecular weight is 258 g/mol. The zero-order valence-corrected chi connectivity index (χ0v) is 9.15. The molecular weight excluding hydrogens is 250 g/mol. The number of hydrogen-bond donors (Lipinski definition) is 2. The molecule has 68 valence electrons. The summed E-state index contributed by atoms with van der Waals surface area (Å²) < 4.78 is 2.20. The zero-order chi connectivity index (χ0) is 9.42. The van der Waals surface area contributed by atoms with Gasteiger partial charge in [-0.25, -0.2) is 0 Å². The molecule has 0 spiro atoms. The number of hydrogen-bond acceptors (Lipinski definition) is 3. The minimum atomic E-state index is -0.00986. The second kappa shape index (κ2) is 3.29. The number of nitrogens with two attached hydrogens (primary N) is 1. The Morgan fingerprint density at radius 1 is 1.46 bits per heavy atom. The van der Waals surface area contributed by atoms with Crippen molar-refractivity contribution in [3.05, 3.63) is 27.5 Å². The molecule has 0 radical (unpaired) electrons. The van der Waals surface area contributed by atoms with Crippen LogP contribution in [0, 0.1) is 0 Å². The predicted octanol–water partition coefficient (Wildman–Crippen LogP) is 2.74. The normalized spacial score (nSPS) is 10.9. The maximum Gasteiger partial charge on any atom is 0.0702 e. The van der Waals surface area contributed by atoms with Gasteiger partial charge in [0.1, 0.15) is 0 Å². The second-order valence-corrected chi connectivity index (χ2v) is 4.55. The van der Waals surface area contributed by atoms with E-state index in [0.29, 0.717) is 5.69 Å². The average Bonchev–Trinajstić information content (AvgIpc) is 2.46. The van der Waals surface area contributed by atoms with E-state index in [1.165, 1.54) is 0 Å². The fraction of sp³-hybridized carbons (Fsp3) is 0.111. The van der Waals surface area contributed by atoms with Crippen LogP contribution >= 0.6 is 27.3 Å². The Hall–Kier alpha value is -0.580. The quantitative estimate of drug-likeness (QED) is 0.772. The molecule has 0 aliphatic carbocycles. The fourth-order valence-electron chi connectivity index (χ4n) is 1.24. The third kappa shape index (κ3) is 1.45. The lowest BCUT2D eigenvalue weighted by Crippen LogP contribution is -1.92. The molecule has 1 aromatic carbocycles. The first-order valence-corrected chi connectivity index (χ1v) is 5.45. The summed E-state index contributed by atoms with van der Waals surface area (Å²) in [6.07, 6.45) is 0. The number of nitrogen functional groups attached to an aromatic ring is 1. The van der Waals surface area contributed by atoms with Crippen LogP contribution in [0.25, 0.3) is 10.1 Å². The van der Waals surface area contributed by atoms with Crippen LogP contribution in [0.2, 0.25) is 0 Å². The van der Waals surface area contributed by atoms with Crippen molar-refractivity contribution in [2.75, 3.05) is 5.73 Å². The highest BCUT2D eigenvalue weighted by Crippen LogP contribution is 2.33. The van der Waals surface area contributed by atoms with Gasteiger partial charge in [0.05, 0.1) is 6.61 Å². The van der Waals surface area contributed by atoms with Gasteiger partial charge in [0, 0.05) is 31.2 Å². The van der Waals surface area contributed by atoms with Gasteiger partial charge in [0.25, 0.3) is 0 Å². The second-order valence-electron chi connectivity index (χ2n) is 2.79. The van der Waals surface area contributed by atoms with Gasteiger partial charge in [0.2, 0.25) is 0 Å². The molecule has 0 amide bonds. The minimum absolute atomic E-state index is 0.00986. The highest BCUT2D eigenvalue weighted by Gasteiger charge is 2.05. The lowest BCUT2D eigenvalue weighted by atomic mass is 10.1. The predicted molar refractivity (Wildman–Crippen MR) is 59.9 cm³/mol. The molecule has 2 nitrogen and oxygen atoms in total. The van der Waals surface area contributed by atoms with Gasteiger partial charge in [-0.1, -0.05) is 0 Å². The molecule has 13 heavy (non-hydrogen) atoms. The fourth-order valence-corrected chi connectivity index (χ4v) is 2.83. The Bertz CT molecular complexity index is 452. The Kier molecular flexibility index (Phi) is 2.27. The van der Waals surface area contributed by atoms with E-state index in [1.54, 1.807) is 11.3 Å². The number of halogens is 1. The molecule has 0 saturated carbocycles. The van der Waals surface area contributed by atoms with E-state index in [1.807, 2.05) is 17.5 Å². The van der Waals surface area contributed by atoms with Crippen molar-refractivity contribution in [1.29, 1.82) is 0 Å². The van der Waals surface area contributed by atoms with E-state index in [9.17, 15) is 0 Å². The summed E-state index contributed by atoms with van der Waals surface area (Å²) in [5.74, 6) is 0. The van der Waals surface area contributed by atoms with Crippen molar-refractivity contribution in [3.63, 3.8) is 0 Å². The van der Waals surface area contributed by atoms with Crippen LogP contribution in [0.4, 0.5) is 5.69 Å². The van der Waals surface area contributed by atoms with Crippen molar-refractivity contribution in [3.8, 4) is 0 Å². The van der Waals surface area contributed by atoms with Crippen LogP contribution in [0.15, 0.2) is 22.0 Å². The van der Waals surface area contributed by atoms with Gasteiger partial charge in [-0.05, 0) is 28.1 Å². The zero-order valence-electron chi connectivity index (χ0n) is 6.75. The van der Waals surface area contributed by atoms with E-state index in [4.69, 9.17) is 10.8 Å². The maximum atomic E-state index is 9.01. The van der Waals surface area contributed by atoms with Crippen molar-refractivity contribution < 1.29 is 5.11 Å². The molecule has 2 aromatic rings. The third-order valence-electron chi connectivity index (χ3n) is 1.96. The van der Waals surface area contributed by atoms with Crippen LogP contribution < -0.4 is 5.73 Å². The number of anilines is 1. The van der Waals surface area contributed by atoms with E-state index in [0.717, 1.165) is 20.1 Å². The van der Waals surface area contributed by atoms with Gasteiger partial charge in [0.15, 0.2) is 0 Å². The summed E-state index contributed by atoms with van der Waals surface area (Å²) in [7, 11) is 0. The first-order chi connectivity index (χ1) is 6.22. The molecule has 0 bridgehead atoms. The standard InChI is InChI=1S/C9H8BrNOS/c10-7-4-13-9-2-8(11)5(3-12)1-6(7)9/h1-2,4,12H,3,11H2. The maximum absolute atomic E-state index is 9.01. The molecular formula is C9H8BrNOS. The molecule has 0 fully saturated rings. The van der Waals surface area contributed by atoms with Crippen LogP contribution in [-0.2, 0) is 6.61 Å². The molecule has 0 aliphatic rings. The smallest absolute Gasteiger partial charge is 0.0702 e. The highest BCUT2D eigenvalue weighted by molar-refractivity contribution is 9.10.